The highest BCUT2D eigenvalue weighted by Gasteiger charge is 2.62. The molecule has 1 amide bonds. The van der Waals surface area contributed by atoms with Gasteiger partial charge in [-0.2, -0.15) is 0 Å². The van der Waals surface area contributed by atoms with Crippen LogP contribution in [-0.4, -0.2) is 71.4 Å². The minimum Gasteiger partial charge on any atom is -0.497 e. The Labute approximate surface area is 215 Å². The largest absolute Gasteiger partial charge is 0.497 e. The number of benzene rings is 2. The number of fused-ring (bicyclic) bond motifs is 5. The summed E-state index contributed by atoms with van der Waals surface area (Å²) in [6, 6.07) is 6.03. The number of esters is 2. The molecule has 1 aliphatic heterocycles. The van der Waals surface area contributed by atoms with Crippen molar-refractivity contribution in [2.45, 2.75) is 31.2 Å². The van der Waals surface area contributed by atoms with E-state index in [1.165, 1.54) is 40.4 Å². The molecule has 10 heteroatoms. The van der Waals surface area contributed by atoms with Crippen LogP contribution < -0.4 is 18.9 Å². The average Bonchev–Trinajstić information content (AvgIpc) is 3.27. The predicted octanol–water partition coefficient (Wildman–Crippen LogP) is 2.84. The highest BCUT2D eigenvalue weighted by molar-refractivity contribution is 6.03. The number of amides is 1. The third kappa shape index (κ3) is 3.91. The van der Waals surface area contributed by atoms with Gasteiger partial charge in [0.05, 0.1) is 54.6 Å². The number of hydrogen-bond acceptors (Lipinski definition) is 9. The first-order valence-electron chi connectivity index (χ1n) is 11.9. The molecule has 2 aliphatic rings. The van der Waals surface area contributed by atoms with Gasteiger partial charge in [0.1, 0.15) is 11.2 Å². The molecule has 0 aromatic heterocycles. The topological polar surface area (TPSA) is 110 Å². The Morgan fingerprint density at radius 3 is 2.32 bits per heavy atom. The highest BCUT2D eigenvalue weighted by Crippen LogP contribution is 2.60. The van der Waals surface area contributed by atoms with E-state index < -0.39 is 23.4 Å². The van der Waals surface area contributed by atoms with Crippen LogP contribution in [0.3, 0.4) is 0 Å². The smallest absolute Gasteiger partial charge is 0.319 e. The Morgan fingerprint density at radius 2 is 1.73 bits per heavy atom. The van der Waals surface area contributed by atoms with Crippen LogP contribution in [0.5, 0.6) is 23.0 Å². The van der Waals surface area contributed by atoms with Crippen LogP contribution in [0.1, 0.15) is 46.4 Å². The van der Waals surface area contributed by atoms with Gasteiger partial charge in [-0.15, -0.1) is 0 Å². The molecule has 0 saturated heterocycles. The summed E-state index contributed by atoms with van der Waals surface area (Å²) in [5.41, 5.74) is 0.862. The lowest BCUT2D eigenvalue weighted by molar-refractivity contribution is -0.153. The van der Waals surface area contributed by atoms with Crippen molar-refractivity contribution in [1.29, 1.82) is 0 Å². The van der Waals surface area contributed by atoms with Crippen molar-refractivity contribution in [1.82, 2.24) is 4.90 Å². The summed E-state index contributed by atoms with van der Waals surface area (Å²) in [6.07, 6.45) is 0.118. The van der Waals surface area contributed by atoms with Gasteiger partial charge in [0.2, 0.25) is 5.75 Å². The summed E-state index contributed by atoms with van der Waals surface area (Å²) in [6.45, 7) is 1.90. The summed E-state index contributed by atoms with van der Waals surface area (Å²) in [7, 11) is 7.30. The Hall–Kier alpha value is -3.95. The fourth-order valence-corrected chi connectivity index (χ4v) is 5.56. The molecule has 0 N–H and O–H groups in total. The van der Waals surface area contributed by atoms with Crippen molar-refractivity contribution in [3.63, 3.8) is 0 Å². The summed E-state index contributed by atoms with van der Waals surface area (Å²) < 4.78 is 32.8. The monoisotopic (exact) mass is 513 g/mol. The number of carbonyl (C=O) groups is 3. The Kier molecular flexibility index (Phi) is 7.20. The molecule has 37 heavy (non-hydrogen) atoms. The lowest BCUT2D eigenvalue weighted by Crippen LogP contribution is -2.55. The van der Waals surface area contributed by atoms with E-state index in [1.807, 2.05) is 0 Å². The molecule has 0 spiro atoms. The van der Waals surface area contributed by atoms with Gasteiger partial charge in [0.25, 0.3) is 5.91 Å². The van der Waals surface area contributed by atoms with Crippen molar-refractivity contribution in [3.05, 3.63) is 46.5 Å². The van der Waals surface area contributed by atoms with Crippen LogP contribution in [0.4, 0.5) is 0 Å². The van der Waals surface area contributed by atoms with E-state index >= 15 is 0 Å². The lowest BCUT2D eigenvalue weighted by Gasteiger charge is -2.45. The van der Waals surface area contributed by atoms with Crippen LogP contribution in [0.15, 0.2) is 24.3 Å². The Bertz CT molecular complexity index is 1240. The normalized spacial score (nSPS) is 19.4. The van der Waals surface area contributed by atoms with Crippen molar-refractivity contribution < 1.29 is 42.8 Å². The minimum atomic E-state index is -1.31. The quantitative estimate of drug-likeness (QED) is 0.468. The molecule has 198 valence electrons. The second-order valence-electron chi connectivity index (χ2n) is 8.72. The van der Waals surface area contributed by atoms with Gasteiger partial charge >= 0.3 is 11.9 Å². The summed E-state index contributed by atoms with van der Waals surface area (Å²) in [4.78, 5) is 41.6. The molecule has 0 unspecified atom stereocenters. The molecule has 2 atom stereocenters. The molecule has 1 heterocycles. The van der Waals surface area contributed by atoms with Crippen LogP contribution in [0.2, 0.25) is 0 Å². The molecule has 2 aromatic rings. The van der Waals surface area contributed by atoms with E-state index in [2.05, 4.69) is 0 Å². The number of methoxy groups -OCH3 is 5. The highest BCUT2D eigenvalue weighted by atomic mass is 16.5. The summed E-state index contributed by atoms with van der Waals surface area (Å²) in [5.74, 6) is 0.332. The van der Waals surface area contributed by atoms with Gasteiger partial charge in [-0.05, 0) is 42.7 Å². The maximum Gasteiger partial charge on any atom is 0.319 e. The van der Waals surface area contributed by atoms with Crippen molar-refractivity contribution in [3.8, 4) is 23.0 Å². The van der Waals surface area contributed by atoms with E-state index in [9.17, 15) is 14.4 Å². The molecule has 1 aliphatic carbocycles. The van der Waals surface area contributed by atoms with E-state index in [1.54, 1.807) is 31.2 Å². The zero-order chi connectivity index (χ0) is 26.9. The molecule has 0 saturated carbocycles. The van der Waals surface area contributed by atoms with Crippen LogP contribution in [-0.2, 0) is 30.9 Å². The van der Waals surface area contributed by atoms with E-state index in [4.69, 9.17) is 28.4 Å². The van der Waals surface area contributed by atoms with E-state index in [0.29, 0.717) is 45.3 Å². The Balaban J connectivity index is 2.06. The van der Waals surface area contributed by atoms with Gasteiger partial charge in [0, 0.05) is 17.7 Å². The zero-order valence-corrected chi connectivity index (χ0v) is 21.8. The first-order chi connectivity index (χ1) is 17.8. The molecule has 0 radical (unpaired) electrons. The summed E-state index contributed by atoms with van der Waals surface area (Å²) >= 11 is 0. The second-order valence-corrected chi connectivity index (χ2v) is 8.72. The summed E-state index contributed by atoms with van der Waals surface area (Å²) in [5, 5.41) is 0. The first-order valence-corrected chi connectivity index (χ1v) is 11.9. The number of carbonyl (C=O) groups excluding carboxylic acids is 3. The third-order valence-electron chi connectivity index (χ3n) is 7.12. The van der Waals surface area contributed by atoms with E-state index in [-0.39, 0.29) is 31.9 Å². The van der Waals surface area contributed by atoms with E-state index in [0.717, 1.165) is 0 Å². The lowest BCUT2D eigenvalue weighted by atomic mass is 9.69. The van der Waals surface area contributed by atoms with Crippen LogP contribution in [0.25, 0.3) is 0 Å². The number of nitrogens with zero attached hydrogens (tertiary/aromatic N) is 1. The molecule has 0 fully saturated rings. The molecule has 4 rings (SSSR count). The van der Waals surface area contributed by atoms with Crippen LogP contribution in [0, 0.1) is 0 Å². The third-order valence-corrected chi connectivity index (χ3v) is 7.12. The van der Waals surface area contributed by atoms with Crippen molar-refractivity contribution in [2.75, 3.05) is 48.7 Å². The van der Waals surface area contributed by atoms with Gasteiger partial charge in [-0.25, -0.2) is 0 Å². The predicted molar refractivity (Wildman–Crippen MR) is 132 cm³/mol. The van der Waals surface area contributed by atoms with Gasteiger partial charge in [0.15, 0.2) is 11.5 Å². The van der Waals surface area contributed by atoms with Crippen molar-refractivity contribution >= 4 is 17.8 Å². The molecule has 2 aromatic carbocycles. The SMILES string of the molecule is CCOC(=O)[C@]12Cc3c(cc(OC)c(OC)c3OC)[C@H]1N(CCC(=O)OC)C(=O)c1cc(OC)ccc12. The maximum absolute atomic E-state index is 14.0. The molecule has 0 bridgehead atoms. The number of rotatable bonds is 9. The standard InChI is InChI=1S/C27H31NO9/c1-7-37-26(31)27-14-18-16(13-20(33-3)23(36-6)22(18)35-5)24(27)28(11-10-21(29)34-4)25(30)17-12-15(32-2)8-9-19(17)27/h8-9,12-13,24H,7,10-11,14H2,1-6H3/t24-,27+/m1/s1. The fraction of sp³-hybridized carbons (Fsp3) is 0.444. The average molecular weight is 514 g/mol. The Morgan fingerprint density at radius 1 is 1.00 bits per heavy atom. The number of hydrogen-bond donors (Lipinski definition) is 0. The molecule has 10 nitrogen and oxygen atoms in total. The first kappa shape index (κ1) is 26.1. The van der Waals surface area contributed by atoms with Gasteiger partial charge in [-0.1, -0.05) is 6.07 Å². The fourth-order valence-electron chi connectivity index (χ4n) is 5.56. The second kappa shape index (κ2) is 10.2. The maximum atomic E-state index is 14.0. The van der Waals surface area contributed by atoms with Crippen molar-refractivity contribution in [2.24, 2.45) is 0 Å². The number of ether oxygens (including phenoxy) is 6. The minimum absolute atomic E-state index is 0.0179. The van der Waals surface area contributed by atoms with Gasteiger partial charge < -0.3 is 33.3 Å². The molecular formula is C27H31NO9. The van der Waals surface area contributed by atoms with Gasteiger partial charge in [-0.3, -0.25) is 14.4 Å². The van der Waals surface area contributed by atoms with Crippen LogP contribution >= 0.6 is 0 Å². The molecular weight excluding hydrogens is 482 g/mol. The zero-order valence-electron chi connectivity index (χ0n) is 21.8.